The van der Waals surface area contributed by atoms with Crippen molar-refractivity contribution in [2.24, 2.45) is 20.0 Å². The van der Waals surface area contributed by atoms with Crippen LogP contribution in [-0.2, 0) is 27.1 Å². The summed E-state index contributed by atoms with van der Waals surface area (Å²) in [5, 5.41) is 0.821. The number of hydrogen-bond acceptors (Lipinski definition) is 4. The molecule has 0 aliphatic carbocycles. The first kappa shape index (κ1) is 20.5. The van der Waals surface area contributed by atoms with Gasteiger partial charge < -0.3 is 4.57 Å². The van der Waals surface area contributed by atoms with Gasteiger partial charge in [0.05, 0.1) is 0 Å². The van der Waals surface area contributed by atoms with Crippen LogP contribution in [0.25, 0.3) is 11.2 Å². The van der Waals surface area contributed by atoms with Crippen LogP contribution in [0.5, 0.6) is 0 Å². The Labute approximate surface area is 169 Å². The molecule has 0 unspecified atom stereocenters. The van der Waals surface area contributed by atoms with Crippen molar-refractivity contribution in [3.05, 3.63) is 56.7 Å². The number of fused-ring (bicyclic) bond motifs is 1. The van der Waals surface area contributed by atoms with Crippen LogP contribution in [0.4, 0.5) is 0 Å². The summed E-state index contributed by atoms with van der Waals surface area (Å²) in [6.07, 6.45) is 2.91. The van der Waals surface area contributed by atoms with E-state index in [9.17, 15) is 9.59 Å². The van der Waals surface area contributed by atoms with Crippen molar-refractivity contribution in [1.82, 2.24) is 18.7 Å². The summed E-state index contributed by atoms with van der Waals surface area (Å²) in [6.45, 7) is 5.09. The van der Waals surface area contributed by atoms with Crippen LogP contribution < -0.4 is 11.2 Å². The fraction of sp³-hybridized carbons (Fsp3) is 0.476. The zero-order valence-corrected chi connectivity index (χ0v) is 17.8. The highest BCUT2D eigenvalue weighted by Crippen LogP contribution is 2.24. The first-order valence-electron chi connectivity index (χ1n) is 9.73. The van der Waals surface area contributed by atoms with Crippen LogP contribution in [-0.4, -0.2) is 24.4 Å². The van der Waals surface area contributed by atoms with Crippen LogP contribution in [0.2, 0.25) is 0 Å². The molecule has 0 bridgehead atoms. The summed E-state index contributed by atoms with van der Waals surface area (Å²) in [5.41, 5.74) is 1.65. The monoisotopic (exact) mass is 400 g/mol. The lowest BCUT2D eigenvalue weighted by molar-refractivity contribution is 0.602. The second-order valence-electron chi connectivity index (χ2n) is 7.54. The Kier molecular flexibility index (Phi) is 6.44. The Morgan fingerprint density at radius 1 is 1.07 bits per heavy atom. The lowest BCUT2D eigenvalue weighted by Gasteiger charge is -2.10. The molecular weight excluding hydrogens is 372 g/mol. The number of thioether (sulfide) groups is 1. The minimum atomic E-state index is -0.342. The third-order valence-corrected chi connectivity index (χ3v) is 5.94. The van der Waals surface area contributed by atoms with Crippen molar-refractivity contribution in [3.63, 3.8) is 0 Å². The first-order valence-corrected chi connectivity index (χ1v) is 10.7. The van der Waals surface area contributed by atoms with Gasteiger partial charge in [-0.2, -0.15) is 0 Å². The molecule has 150 valence electrons. The van der Waals surface area contributed by atoms with Gasteiger partial charge in [0, 0.05) is 26.4 Å². The zero-order valence-electron chi connectivity index (χ0n) is 17.0. The van der Waals surface area contributed by atoms with Crippen LogP contribution >= 0.6 is 11.8 Å². The Morgan fingerprint density at radius 3 is 2.46 bits per heavy atom. The molecule has 28 heavy (non-hydrogen) atoms. The molecule has 7 heteroatoms. The summed E-state index contributed by atoms with van der Waals surface area (Å²) in [5.74, 6) is 1.55. The third kappa shape index (κ3) is 4.24. The van der Waals surface area contributed by atoms with E-state index in [0.29, 0.717) is 23.6 Å². The van der Waals surface area contributed by atoms with Crippen molar-refractivity contribution >= 4 is 22.9 Å². The molecule has 2 aromatic heterocycles. The minimum absolute atomic E-state index is 0.277. The Bertz CT molecular complexity index is 1060. The van der Waals surface area contributed by atoms with Crippen LogP contribution in [0, 0.1) is 5.92 Å². The fourth-order valence-electron chi connectivity index (χ4n) is 3.22. The van der Waals surface area contributed by atoms with Gasteiger partial charge in [-0.25, -0.2) is 9.78 Å². The quantitative estimate of drug-likeness (QED) is 0.545. The lowest BCUT2D eigenvalue weighted by atomic mass is 10.1. The molecule has 0 aliphatic rings. The second-order valence-corrected chi connectivity index (χ2v) is 8.61. The number of aryl methyl sites for hydroxylation is 3. The molecule has 0 spiro atoms. The van der Waals surface area contributed by atoms with Crippen molar-refractivity contribution in [3.8, 4) is 0 Å². The molecule has 2 heterocycles. The highest BCUT2D eigenvalue weighted by molar-refractivity contribution is 7.99. The molecule has 0 atom stereocenters. The molecule has 3 rings (SSSR count). The molecule has 0 amide bonds. The lowest BCUT2D eigenvalue weighted by Crippen LogP contribution is -2.37. The van der Waals surface area contributed by atoms with Crippen molar-refractivity contribution in [2.45, 2.75) is 44.8 Å². The Hall–Kier alpha value is -2.28. The summed E-state index contributed by atoms with van der Waals surface area (Å²) >= 11 is 1.66. The SMILES string of the molecule is CC(C)CCSc1nc2c(c(=O)n(C)c(=O)n2C)n1CCCc1ccccc1. The van der Waals surface area contributed by atoms with E-state index in [2.05, 4.69) is 31.0 Å². The predicted molar refractivity (Wildman–Crippen MR) is 115 cm³/mol. The minimum Gasteiger partial charge on any atom is -0.313 e. The maximum atomic E-state index is 12.8. The number of nitrogens with zero attached hydrogens (tertiary/aromatic N) is 4. The van der Waals surface area contributed by atoms with E-state index in [1.807, 2.05) is 22.8 Å². The van der Waals surface area contributed by atoms with Gasteiger partial charge in [-0.05, 0) is 30.7 Å². The van der Waals surface area contributed by atoms with Gasteiger partial charge in [0.2, 0.25) is 0 Å². The topological polar surface area (TPSA) is 61.8 Å². The molecule has 0 radical (unpaired) electrons. The highest BCUT2D eigenvalue weighted by Gasteiger charge is 2.19. The molecule has 0 N–H and O–H groups in total. The standard InChI is InChI=1S/C21H28N4O2S/c1-15(2)12-14-28-20-22-18-17(19(26)24(4)21(27)23(18)3)25(20)13-8-11-16-9-6-5-7-10-16/h5-7,9-10,15H,8,11-14H2,1-4H3. The summed E-state index contributed by atoms with van der Waals surface area (Å²) in [6, 6.07) is 10.3. The summed E-state index contributed by atoms with van der Waals surface area (Å²) in [4.78, 5) is 29.8. The molecule has 0 aliphatic heterocycles. The highest BCUT2D eigenvalue weighted by atomic mass is 32.2. The van der Waals surface area contributed by atoms with E-state index in [4.69, 9.17) is 0 Å². The smallest absolute Gasteiger partial charge is 0.313 e. The van der Waals surface area contributed by atoms with Gasteiger partial charge in [0.25, 0.3) is 5.56 Å². The first-order chi connectivity index (χ1) is 13.4. The Balaban J connectivity index is 1.96. The molecule has 0 saturated carbocycles. The molecule has 1 aromatic carbocycles. The molecule has 0 fully saturated rings. The van der Waals surface area contributed by atoms with Gasteiger partial charge in [-0.15, -0.1) is 0 Å². The largest absolute Gasteiger partial charge is 0.332 e. The summed E-state index contributed by atoms with van der Waals surface area (Å²) in [7, 11) is 3.20. The second kappa shape index (κ2) is 8.82. The van der Waals surface area contributed by atoms with Gasteiger partial charge in [-0.3, -0.25) is 13.9 Å². The van der Waals surface area contributed by atoms with Crippen molar-refractivity contribution in [2.75, 3.05) is 5.75 Å². The van der Waals surface area contributed by atoms with E-state index >= 15 is 0 Å². The number of rotatable bonds is 8. The molecular formula is C21H28N4O2S. The molecule has 0 saturated heterocycles. The third-order valence-electron chi connectivity index (χ3n) is 4.93. The van der Waals surface area contributed by atoms with Gasteiger partial charge in [0.15, 0.2) is 16.3 Å². The fourth-order valence-corrected chi connectivity index (χ4v) is 4.48. The maximum absolute atomic E-state index is 12.8. The van der Waals surface area contributed by atoms with E-state index in [-0.39, 0.29) is 11.2 Å². The average Bonchev–Trinajstić information content (AvgIpc) is 3.04. The van der Waals surface area contributed by atoms with Crippen LogP contribution in [0.3, 0.4) is 0 Å². The number of hydrogen-bond donors (Lipinski definition) is 0. The number of aromatic nitrogens is 4. The van der Waals surface area contributed by atoms with E-state index in [1.165, 1.54) is 21.7 Å². The summed E-state index contributed by atoms with van der Waals surface area (Å²) < 4.78 is 4.64. The van der Waals surface area contributed by atoms with E-state index in [1.54, 1.807) is 18.8 Å². The number of imidazole rings is 1. The van der Waals surface area contributed by atoms with E-state index in [0.717, 1.165) is 30.2 Å². The van der Waals surface area contributed by atoms with Gasteiger partial charge in [0.1, 0.15) is 0 Å². The van der Waals surface area contributed by atoms with E-state index < -0.39 is 0 Å². The molecule has 6 nitrogen and oxygen atoms in total. The van der Waals surface area contributed by atoms with Gasteiger partial charge >= 0.3 is 5.69 Å². The Morgan fingerprint density at radius 2 is 1.79 bits per heavy atom. The zero-order chi connectivity index (χ0) is 20.3. The average molecular weight is 401 g/mol. The van der Waals surface area contributed by atoms with Crippen LogP contribution in [0.1, 0.15) is 32.3 Å². The van der Waals surface area contributed by atoms with Crippen molar-refractivity contribution < 1.29 is 0 Å². The number of benzene rings is 1. The van der Waals surface area contributed by atoms with Crippen molar-refractivity contribution in [1.29, 1.82) is 0 Å². The maximum Gasteiger partial charge on any atom is 0.332 e. The molecule has 3 aromatic rings. The van der Waals surface area contributed by atoms with Crippen LogP contribution in [0.15, 0.2) is 45.1 Å². The normalized spacial score (nSPS) is 11.6. The van der Waals surface area contributed by atoms with Gasteiger partial charge in [-0.1, -0.05) is 55.9 Å². The predicted octanol–water partition coefficient (Wildman–Crippen LogP) is 3.20.